The Labute approximate surface area is 76.4 Å². The predicted molar refractivity (Wildman–Crippen MR) is 56.6 cm³/mol. The van der Waals surface area contributed by atoms with Crippen molar-refractivity contribution in [2.75, 3.05) is 0 Å². The van der Waals surface area contributed by atoms with Gasteiger partial charge < -0.3 is 0 Å². The van der Waals surface area contributed by atoms with Crippen LogP contribution in [0.1, 0.15) is 33.6 Å². The minimum absolute atomic E-state index is 0.619. The lowest BCUT2D eigenvalue weighted by molar-refractivity contribution is 0.858. The van der Waals surface area contributed by atoms with Gasteiger partial charge in [-0.15, -0.1) is 6.58 Å². The maximum absolute atomic E-state index is 6.46. The molecule has 0 rings (SSSR count). The van der Waals surface area contributed by atoms with Crippen LogP contribution in [0.15, 0.2) is 12.3 Å². The molecule has 0 radical (unpaired) electrons. The Morgan fingerprint density at radius 3 is 2.36 bits per heavy atom. The molecule has 66 valence electrons. The summed E-state index contributed by atoms with van der Waals surface area (Å²) in [5, 5.41) is 0. The fraction of sp³-hybridized carbons (Fsp3) is 0.778. The van der Waals surface area contributed by atoms with Gasteiger partial charge in [-0.2, -0.15) is 11.1 Å². The van der Waals surface area contributed by atoms with Crippen molar-refractivity contribution in [1.29, 1.82) is 0 Å². The van der Waals surface area contributed by atoms with Gasteiger partial charge in [0.05, 0.1) is 0 Å². The Balaban J connectivity index is 3.99. The Morgan fingerprint density at radius 2 is 2.09 bits per heavy atom. The van der Waals surface area contributed by atoms with E-state index in [1.807, 2.05) is 5.70 Å². The van der Waals surface area contributed by atoms with E-state index >= 15 is 0 Å². The first-order valence-electron chi connectivity index (χ1n) is 4.39. The Bertz CT molecular complexity index is 123. The lowest BCUT2D eigenvalue weighted by Crippen LogP contribution is -2.27. The molecule has 0 saturated carbocycles. The van der Waals surface area contributed by atoms with Gasteiger partial charge in [0.1, 0.15) is 0 Å². The summed E-state index contributed by atoms with van der Waals surface area (Å²) in [6, 6.07) is 1.19. The molecule has 0 N–H and O–H groups in total. The molecule has 0 saturated heterocycles. The van der Waals surface area contributed by atoms with Crippen molar-refractivity contribution >= 4 is 18.5 Å². The van der Waals surface area contributed by atoms with Crippen LogP contribution in [0.25, 0.3) is 0 Å². The zero-order chi connectivity index (χ0) is 8.91. The fourth-order valence-electron chi connectivity index (χ4n) is 1.07. The van der Waals surface area contributed by atoms with Crippen LogP contribution in [-0.4, -0.2) is 7.38 Å². The highest BCUT2D eigenvalue weighted by molar-refractivity contribution is 7.23. The molecule has 0 aromatic heterocycles. The van der Waals surface area contributed by atoms with E-state index in [0.717, 1.165) is 0 Å². The van der Waals surface area contributed by atoms with Crippen molar-refractivity contribution in [1.82, 2.24) is 0 Å². The normalized spacial score (nSPS) is 16.5. The highest BCUT2D eigenvalue weighted by Crippen LogP contribution is 2.31. The van der Waals surface area contributed by atoms with E-state index in [1.165, 1.54) is 18.9 Å². The number of hydrogen-bond acceptors (Lipinski definition) is 0. The Hall–Kier alpha value is 0.247. The lowest BCUT2D eigenvalue weighted by Gasteiger charge is -2.24. The van der Waals surface area contributed by atoms with E-state index in [1.54, 1.807) is 0 Å². The summed E-state index contributed by atoms with van der Waals surface area (Å²) in [5.74, 6) is 0. The predicted octanol–water partition coefficient (Wildman–Crippen LogP) is 4.11. The highest BCUT2D eigenvalue weighted by Gasteiger charge is 2.29. The van der Waals surface area contributed by atoms with E-state index in [9.17, 15) is 0 Å². The summed E-state index contributed by atoms with van der Waals surface area (Å²) in [5.41, 5.74) is 2.64. The molecule has 0 nitrogen and oxygen atoms in total. The minimum Gasteiger partial charge on any atom is -0.161 e. The van der Waals surface area contributed by atoms with Gasteiger partial charge in [-0.1, -0.05) is 39.3 Å². The van der Waals surface area contributed by atoms with Crippen LogP contribution in [-0.2, 0) is 0 Å². The zero-order valence-electron chi connectivity index (χ0n) is 7.86. The van der Waals surface area contributed by atoms with E-state index in [-0.39, 0.29) is 0 Å². The third-order valence-corrected chi connectivity index (χ3v) is 8.27. The monoisotopic (exact) mass is 190 g/mol. The number of rotatable bonds is 5. The van der Waals surface area contributed by atoms with Crippen molar-refractivity contribution in [2.45, 2.75) is 45.2 Å². The standard InChI is InChI=1S/C9H19ClSi/c1-5-7-8-11(10,6-2)9(3)4/h6,9H,2,5,7-8H2,1,3-4H3. The molecule has 0 aromatic carbocycles. The molecule has 1 atom stereocenters. The minimum atomic E-state index is -1.59. The first-order valence-corrected chi connectivity index (χ1v) is 7.76. The average Bonchev–Trinajstić information content (AvgIpc) is 2.00. The molecule has 0 aliphatic heterocycles. The molecule has 0 bridgehead atoms. The second kappa shape index (κ2) is 4.99. The maximum atomic E-state index is 6.46. The molecule has 0 aliphatic rings. The van der Waals surface area contributed by atoms with Crippen LogP contribution in [0.5, 0.6) is 0 Å². The van der Waals surface area contributed by atoms with E-state index in [0.29, 0.717) is 5.54 Å². The second-order valence-electron chi connectivity index (χ2n) is 3.39. The van der Waals surface area contributed by atoms with Gasteiger partial charge in [-0.3, -0.25) is 0 Å². The summed E-state index contributed by atoms with van der Waals surface area (Å²) in [4.78, 5) is 0. The van der Waals surface area contributed by atoms with Gasteiger partial charge in [0, 0.05) is 0 Å². The van der Waals surface area contributed by atoms with Crippen LogP contribution in [0, 0.1) is 0 Å². The Kier molecular flexibility index (Phi) is 5.10. The summed E-state index contributed by atoms with van der Waals surface area (Å²) in [7, 11) is -1.59. The van der Waals surface area contributed by atoms with Gasteiger partial charge in [0.25, 0.3) is 0 Å². The zero-order valence-corrected chi connectivity index (χ0v) is 9.62. The van der Waals surface area contributed by atoms with E-state index in [2.05, 4.69) is 27.4 Å². The topological polar surface area (TPSA) is 0 Å². The quantitative estimate of drug-likeness (QED) is 0.452. The summed E-state index contributed by atoms with van der Waals surface area (Å²) < 4.78 is 0. The third-order valence-electron chi connectivity index (χ3n) is 2.21. The molecule has 11 heavy (non-hydrogen) atoms. The molecule has 0 spiro atoms. The number of unbranched alkanes of at least 4 members (excludes halogenated alkanes) is 1. The van der Waals surface area contributed by atoms with Crippen LogP contribution >= 0.6 is 11.1 Å². The van der Waals surface area contributed by atoms with Crippen LogP contribution in [0.4, 0.5) is 0 Å². The molecular formula is C9H19ClSi. The van der Waals surface area contributed by atoms with Crippen LogP contribution in [0.3, 0.4) is 0 Å². The first kappa shape index (κ1) is 11.2. The van der Waals surface area contributed by atoms with Gasteiger partial charge in [-0.05, 0) is 11.6 Å². The third kappa shape index (κ3) is 3.43. The second-order valence-corrected chi connectivity index (χ2v) is 9.42. The molecule has 0 fully saturated rings. The van der Waals surface area contributed by atoms with Gasteiger partial charge >= 0.3 is 0 Å². The summed E-state index contributed by atoms with van der Waals surface area (Å²) in [6.07, 6.45) is 2.49. The molecule has 1 unspecified atom stereocenters. The largest absolute Gasteiger partial charge is 0.181 e. The average molecular weight is 191 g/mol. The van der Waals surface area contributed by atoms with Gasteiger partial charge in [0.15, 0.2) is 7.38 Å². The van der Waals surface area contributed by atoms with Gasteiger partial charge in [0.2, 0.25) is 0 Å². The van der Waals surface area contributed by atoms with Crippen molar-refractivity contribution in [3.05, 3.63) is 12.3 Å². The van der Waals surface area contributed by atoms with Crippen LogP contribution in [0.2, 0.25) is 11.6 Å². The number of halogens is 1. The van der Waals surface area contributed by atoms with E-state index in [4.69, 9.17) is 11.1 Å². The van der Waals surface area contributed by atoms with Crippen molar-refractivity contribution in [3.63, 3.8) is 0 Å². The first-order chi connectivity index (χ1) is 5.06. The highest BCUT2D eigenvalue weighted by atomic mass is 35.6. The molecule has 0 aromatic rings. The molecule has 0 aliphatic carbocycles. The smallest absolute Gasteiger partial charge is 0.161 e. The van der Waals surface area contributed by atoms with Crippen molar-refractivity contribution in [2.24, 2.45) is 0 Å². The number of hydrogen-bond donors (Lipinski definition) is 0. The fourth-order valence-corrected chi connectivity index (χ4v) is 3.62. The molecule has 0 amide bonds. The summed E-state index contributed by atoms with van der Waals surface area (Å²) >= 11 is 6.46. The maximum Gasteiger partial charge on any atom is 0.181 e. The summed E-state index contributed by atoms with van der Waals surface area (Å²) in [6.45, 7) is 10.5. The molecule has 0 heterocycles. The van der Waals surface area contributed by atoms with Crippen molar-refractivity contribution < 1.29 is 0 Å². The lowest BCUT2D eigenvalue weighted by atomic mass is 10.4. The SMILES string of the molecule is C=C[Si](Cl)(CCCC)C(C)C. The Morgan fingerprint density at radius 1 is 1.55 bits per heavy atom. The van der Waals surface area contributed by atoms with Crippen molar-refractivity contribution in [3.8, 4) is 0 Å². The molecule has 2 heteroatoms. The van der Waals surface area contributed by atoms with Gasteiger partial charge in [-0.25, -0.2) is 0 Å². The van der Waals surface area contributed by atoms with E-state index < -0.39 is 7.38 Å². The molecular weight excluding hydrogens is 172 g/mol. The van der Waals surface area contributed by atoms with Crippen LogP contribution < -0.4 is 0 Å².